The van der Waals surface area contributed by atoms with Gasteiger partial charge in [0.2, 0.25) is 0 Å². The van der Waals surface area contributed by atoms with Crippen LogP contribution in [0.4, 0.5) is 24.7 Å². The predicted octanol–water partition coefficient (Wildman–Crippen LogP) is 4.60. The lowest BCUT2D eigenvalue weighted by atomic mass is 9.89. The first-order valence-electron chi connectivity index (χ1n) is 10.6. The van der Waals surface area contributed by atoms with Gasteiger partial charge in [-0.25, -0.2) is 4.98 Å². The molecular weight excluding hydrogens is 449 g/mol. The predicted molar refractivity (Wildman–Crippen MR) is 119 cm³/mol. The average Bonchev–Trinajstić information content (AvgIpc) is 3.52. The summed E-state index contributed by atoms with van der Waals surface area (Å²) in [5.41, 5.74) is 1.92. The molecule has 2 N–H and O–H groups in total. The van der Waals surface area contributed by atoms with E-state index in [1.54, 1.807) is 24.5 Å². The zero-order valence-electron chi connectivity index (χ0n) is 18.4. The van der Waals surface area contributed by atoms with Crippen LogP contribution in [0, 0.1) is 0 Å². The summed E-state index contributed by atoms with van der Waals surface area (Å²) in [6.45, 7) is 3.40. The second-order valence-electron chi connectivity index (χ2n) is 8.82. The Morgan fingerprint density at radius 2 is 2.03 bits per heavy atom. The maximum Gasteiger partial charge on any atom is 0.401 e. The van der Waals surface area contributed by atoms with Gasteiger partial charge in [0.05, 0.1) is 6.20 Å². The molecule has 0 atom stereocenters. The molecule has 8 nitrogen and oxygen atoms in total. The summed E-state index contributed by atoms with van der Waals surface area (Å²) in [4.78, 5) is 19.3. The fraction of sp³-hybridized carbons (Fsp3) is 0.304. The third-order valence-corrected chi connectivity index (χ3v) is 6.14. The number of benzene rings is 1. The Kier molecular flexibility index (Phi) is 5.07. The molecule has 0 bridgehead atoms. The van der Waals surface area contributed by atoms with E-state index in [1.165, 1.54) is 0 Å². The fourth-order valence-electron chi connectivity index (χ4n) is 3.90. The molecule has 1 aliphatic heterocycles. The van der Waals surface area contributed by atoms with E-state index < -0.39 is 17.5 Å². The molecule has 34 heavy (non-hydrogen) atoms. The first-order valence-corrected chi connectivity index (χ1v) is 10.6. The number of rotatable bonds is 5. The molecular formula is C23H21F3N6O2. The largest absolute Gasteiger partial charge is 0.401 e. The number of aromatic amines is 1. The van der Waals surface area contributed by atoms with Gasteiger partial charge in [-0.1, -0.05) is 11.2 Å². The SMILES string of the molecule is CC(C)(c1cc(NC(=O)c2ccc3c(c2)N(Cc2cnc4[nH]ncc4c2)CC3)no1)C(F)(F)F. The number of hydrogen-bond donors (Lipinski definition) is 2. The number of hydrogen-bond acceptors (Lipinski definition) is 6. The van der Waals surface area contributed by atoms with Crippen molar-refractivity contribution < 1.29 is 22.5 Å². The number of aromatic nitrogens is 4. The minimum absolute atomic E-state index is 0.0748. The number of nitrogens with one attached hydrogen (secondary N) is 2. The summed E-state index contributed by atoms with van der Waals surface area (Å²) in [5.74, 6) is -0.936. The number of carbonyl (C=O) groups excluding carboxylic acids is 1. The highest BCUT2D eigenvalue weighted by Gasteiger charge is 2.51. The Morgan fingerprint density at radius 1 is 1.21 bits per heavy atom. The summed E-state index contributed by atoms with van der Waals surface area (Å²) < 4.78 is 44.6. The van der Waals surface area contributed by atoms with E-state index >= 15 is 0 Å². The smallest absolute Gasteiger partial charge is 0.367 e. The van der Waals surface area contributed by atoms with Crippen molar-refractivity contribution in [1.82, 2.24) is 20.3 Å². The zero-order valence-corrected chi connectivity index (χ0v) is 18.4. The second-order valence-corrected chi connectivity index (χ2v) is 8.82. The molecule has 1 aromatic carbocycles. The van der Waals surface area contributed by atoms with Gasteiger partial charge in [0, 0.05) is 42.0 Å². The van der Waals surface area contributed by atoms with Crippen LogP contribution in [-0.4, -0.2) is 39.0 Å². The highest BCUT2D eigenvalue weighted by atomic mass is 19.4. The molecule has 0 fully saturated rings. The van der Waals surface area contributed by atoms with Crippen LogP contribution in [0.1, 0.15) is 41.1 Å². The van der Waals surface area contributed by atoms with Gasteiger partial charge in [-0.15, -0.1) is 0 Å². The third kappa shape index (κ3) is 3.87. The van der Waals surface area contributed by atoms with Gasteiger partial charge in [-0.3, -0.25) is 9.89 Å². The lowest BCUT2D eigenvalue weighted by Gasteiger charge is -2.24. The van der Waals surface area contributed by atoms with E-state index in [0.29, 0.717) is 12.1 Å². The van der Waals surface area contributed by atoms with Crippen molar-refractivity contribution in [2.24, 2.45) is 0 Å². The molecule has 1 aliphatic rings. The van der Waals surface area contributed by atoms with E-state index in [1.807, 2.05) is 12.1 Å². The second kappa shape index (κ2) is 7.86. The van der Waals surface area contributed by atoms with E-state index in [4.69, 9.17) is 4.52 Å². The summed E-state index contributed by atoms with van der Waals surface area (Å²) in [7, 11) is 0. The normalized spacial score (nSPS) is 14.0. The fourth-order valence-corrected chi connectivity index (χ4v) is 3.90. The van der Waals surface area contributed by atoms with Crippen LogP contribution in [-0.2, 0) is 18.4 Å². The van der Waals surface area contributed by atoms with Crippen LogP contribution in [0.25, 0.3) is 11.0 Å². The van der Waals surface area contributed by atoms with E-state index in [2.05, 4.69) is 30.6 Å². The number of fused-ring (bicyclic) bond motifs is 2. The van der Waals surface area contributed by atoms with Crippen molar-refractivity contribution in [2.75, 3.05) is 16.8 Å². The highest BCUT2D eigenvalue weighted by Crippen LogP contribution is 2.41. The van der Waals surface area contributed by atoms with Crippen LogP contribution in [0.2, 0.25) is 0 Å². The lowest BCUT2D eigenvalue weighted by Crippen LogP contribution is -2.35. The number of H-pyrrole nitrogens is 1. The molecule has 176 valence electrons. The van der Waals surface area contributed by atoms with Gasteiger partial charge in [0.15, 0.2) is 17.2 Å². The Labute approximate surface area is 192 Å². The van der Waals surface area contributed by atoms with Crippen LogP contribution in [0.5, 0.6) is 0 Å². The molecule has 4 heterocycles. The molecule has 0 aliphatic carbocycles. The molecule has 3 aromatic heterocycles. The Morgan fingerprint density at radius 3 is 2.82 bits per heavy atom. The topological polar surface area (TPSA) is 99.9 Å². The minimum atomic E-state index is -4.52. The van der Waals surface area contributed by atoms with Gasteiger partial charge >= 0.3 is 6.18 Å². The Balaban J connectivity index is 1.33. The quantitative estimate of drug-likeness (QED) is 0.442. The minimum Gasteiger partial charge on any atom is -0.367 e. The number of halogens is 3. The molecule has 5 rings (SSSR count). The summed E-state index contributed by atoms with van der Waals surface area (Å²) in [6.07, 6.45) is -0.163. The molecule has 0 saturated heterocycles. The number of amides is 1. The highest BCUT2D eigenvalue weighted by molar-refractivity contribution is 6.04. The van der Waals surface area contributed by atoms with Gasteiger partial charge in [0.1, 0.15) is 5.41 Å². The standard InChI is InChI=1S/C23H21F3N6O2/c1-22(2,23(24,25)26)18-9-19(31-34-18)29-21(33)15-4-3-14-5-6-32(17(14)8-15)12-13-7-16-11-28-30-20(16)27-10-13/h3-4,7-11H,5-6,12H2,1-2H3,(H,27,28,30)(H,29,31,33). The first-order chi connectivity index (χ1) is 16.1. The monoisotopic (exact) mass is 470 g/mol. The van der Waals surface area contributed by atoms with Crippen molar-refractivity contribution in [1.29, 1.82) is 0 Å². The van der Waals surface area contributed by atoms with Crippen molar-refractivity contribution >= 4 is 28.4 Å². The van der Waals surface area contributed by atoms with Crippen molar-refractivity contribution in [3.05, 3.63) is 65.2 Å². The zero-order chi connectivity index (χ0) is 24.1. The molecule has 1 amide bonds. The maximum absolute atomic E-state index is 13.2. The van der Waals surface area contributed by atoms with Crippen molar-refractivity contribution in [2.45, 2.75) is 38.4 Å². The molecule has 4 aromatic rings. The number of carbonyl (C=O) groups is 1. The van der Waals surface area contributed by atoms with E-state index in [9.17, 15) is 18.0 Å². The van der Waals surface area contributed by atoms with Gasteiger partial charge < -0.3 is 14.7 Å². The van der Waals surface area contributed by atoms with Crippen LogP contribution in [0.3, 0.4) is 0 Å². The molecule has 0 unspecified atom stereocenters. The third-order valence-electron chi connectivity index (χ3n) is 6.14. The van der Waals surface area contributed by atoms with Gasteiger partial charge in [-0.05, 0) is 49.6 Å². The maximum atomic E-state index is 13.2. The molecule has 0 radical (unpaired) electrons. The number of nitrogens with zero attached hydrogens (tertiary/aromatic N) is 4. The average molecular weight is 470 g/mol. The van der Waals surface area contributed by atoms with Crippen LogP contribution < -0.4 is 10.2 Å². The summed E-state index contributed by atoms with van der Waals surface area (Å²) in [5, 5.41) is 13.9. The van der Waals surface area contributed by atoms with Crippen LogP contribution >= 0.6 is 0 Å². The van der Waals surface area contributed by atoms with E-state index in [0.717, 1.165) is 60.7 Å². The molecule has 0 spiro atoms. The number of pyridine rings is 1. The van der Waals surface area contributed by atoms with Gasteiger partial charge in [-0.2, -0.15) is 18.3 Å². The molecule has 11 heteroatoms. The van der Waals surface area contributed by atoms with Crippen molar-refractivity contribution in [3.63, 3.8) is 0 Å². The van der Waals surface area contributed by atoms with E-state index in [-0.39, 0.29) is 11.6 Å². The first kappa shape index (κ1) is 21.9. The lowest BCUT2D eigenvalue weighted by molar-refractivity contribution is -0.185. The Hall–Kier alpha value is -3.89. The van der Waals surface area contributed by atoms with Gasteiger partial charge in [0.25, 0.3) is 5.91 Å². The number of anilines is 2. The Bertz CT molecular complexity index is 1370. The number of alkyl halides is 3. The summed E-state index contributed by atoms with van der Waals surface area (Å²) in [6, 6.07) is 8.48. The van der Waals surface area contributed by atoms with Crippen LogP contribution in [0.15, 0.2) is 47.2 Å². The summed E-state index contributed by atoms with van der Waals surface area (Å²) >= 11 is 0. The van der Waals surface area contributed by atoms with Crippen molar-refractivity contribution in [3.8, 4) is 0 Å². The molecule has 0 saturated carbocycles.